The molecule has 1 aromatic carbocycles. The third kappa shape index (κ3) is 3.41. The lowest BCUT2D eigenvalue weighted by atomic mass is 10.3. The van der Waals surface area contributed by atoms with Crippen LogP contribution < -0.4 is 5.32 Å². The van der Waals surface area contributed by atoms with Crippen LogP contribution in [0.5, 0.6) is 0 Å². The zero-order valence-corrected chi connectivity index (χ0v) is 9.44. The van der Waals surface area contributed by atoms with Crippen LogP contribution in [-0.2, 0) is 9.53 Å². The van der Waals surface area contributed by atoms with Gasteiger partial charge < -0.3 is 9.84 Å². The van der Waals surface area contributed by atoms with Crippen LogP contribution in [0.2, 0.25) is 0 Å². The fourth-order valence-electron chi connectivity index (χ4n) is 1.19. The number of carboxylic acids is 1. The Bertz CT molecular complexity index is 444. The molecule has 1 aromatic rings. The van der Waals surface area contributed by atoms with Crippen LogP contribution in [0, 0.1) is 11.6 Å². The maximum absolute atomic E-state index is 13.2. The van der Waals surface area contributed by atoms with Crippen molar-refractivity contribution in [1.82, 2.24) is 0 Å². The first-order valence-electron chi connectivity index (χ1n) is 5.10. The molecule has 18 heavy (non-hydrogen) atoms. The molecule has 1 amide bonds. The molecule has 0 saturated carbocycles. The Balaban J connectivity index is 2.73. The summed E-state index contributed by atoms with van der Waals surface area (Å²) in [5, 5.41) is 10.5. The van der Waals surface area contributed by atoms with Gasteiger partial charge in [-0.2, -0.15) is 0 Å². The third-order valence-corrected chi connectivity index (χ3v) is 2.09. The molecule has 0 bridgehead atoms. The molecule has 0 aliphatic rings. The molecule has 0 aliphatic heterocycles. The zero-order valence-electron chi connectivity index (χ0n) is 9.44. The quantitative estimate of drug-likeness (QED) is 0.870. The van der Waals surface area contributed by atoms with Crippen LogP contribution in [0.1, 0.15) is 13.3 Å². The summed E-state index contributed by atoms with van der Waals surface area (Å²) < 4.78 is 30.8. The highest BCUT2D eigenvalue weighted by Crippen LogP contribution is 2.18. The van der Waals surface area contributed by atoms with Gasteiger partial charge in [0.05, 0.1) is 0 Å². The number of benzene rings is 1. The lowest BCUT2D eigenvalue weighted by molar-refractivity contribution is -0.146. The van der Waals surface area contributed by atoms with Gasteiger partial charge in [-0.3, -0.25) is 5.32 Å². The van der Waals surface area contributed by atoms with Crippen LogP contribution in [0.3, 0.4) is 0 Å². The van der Waals surface area contributed by atoms with E-state index in [-0.39, 0.29) is 6.42 Å². The van der Waals surface area contributed by atoms with Crippen LogP contribution in [0.15, 0.2) is 18.2 Å². The normalized spacial score (nSPS) is 11.7. The van der Waals surface area contributed by atoms with Crippen molar-refractivity contribution >= 4 is 17.7 Å². The number of carbonyl (C=O) groups is 2. The molecule has 5 nitrogen and oxygen atoms in total. The first-order valence-corrected chi connectivity index (χ1v) is 5.10. The minimum absolute atomic E-state index is 0.0442. The number of anilines is 1. The van der Waals surface area contributed by atoms with Crippen LogP contribution in [0.4, 0.5) is 19.3 Å². The van der Waals surface area contributed by atoms with E-state index in [1.807, 2.05) is 5.32 Å². The van der Waals surface area contributed by atoms with Crippen molar-refractivity contribution in [2.24, 2.45) is 0 Å². The fourth-order valence-corrected chi connectivity index (χ4v) is 1.19. The summed E-state index contributed by atoms with van der Waals surface area (Å²) in [6.45, 7) is 1.50. The maximum atomic E-state index is 13.2. The molecule has 7 heteroatoms. The van der Waals surface area contributed by atoms with E-state index in [1.165, 1.54) is 6.92 Å². The van der Waals surface area contributed by atoms with E-state index < -0.39 is 35.5 Å². The number of hydrogen-bond acceptors (Lipinski definition) is 3. The van der Waals surface area contributed by atoms with Gasteiger partial charge in [-0.05, 0) is 18.6 Å². The van der Waals surface area contributed by atoms with Crippen LogP contribution in [0.25, 0.3) is 0 Å². The van der Waals surface area contributed by atoms with Gasteiger partial charge in [0.1, 0.15) is 17.3 Å². The van der Waals surface area contributed by atoms with Crippen molar-refractivity contribution < 1.29 is 28.2 Å². The largest absolute Gasteiger partial charge is 0.479 e. The van der Waals surface area contributed by atoms with Crippen LogP contribution >= 0.6 is 0 Å². The molecule has 1 rings (SSSR count). The van der Waals surface area contributed by atoms with Crippen molar-refractivity contribution in [2.45, 2.75) is 19.4 Å². The molecule has 0 heterocycles. The molecular formula is C11H11F2NO4. The number of amides is 1. The second-order valence-corrected chi connectivity index (χ2v) is 3.36. The second kappa shape index (κ2) is 5.95. The molecule has 0 saturated heterocycles. The maximum Gasteiger partial charge on any atom is 0.412 e. The van der Waals surface area contributed by atoms with E-state index in [4.69, 9.17) is 5.11 Å². The number of carbonyl (C=O) groups excluding carboxylic acids is 1. The van der Waals surface area contributed by atoms with E-state index in [0.717, 1.165) is 18.2 Å². The number of ether oxygens (including phenoxy) is 1. The summed E-state index contributed by atoms with van der Waals surface area (Å²) >= 11 is 0. The van der Waals surface area contributed by atoms with Crippen molar-refractivity contribution in [3.05, 3.63) is 29.8 Å². The Kier molecular flexibility index (Phi) is 4.59. The first-order chi connectivity index (χ1) is 8.45. The van der Waals surface area contributed by atoms with E-state index in [1.54, 1.807) is 0 Å². The van der Waals surface area contributed by atoms with Gasteiger partial charge in [-0.1, -0.05) is 13.0 Å². The van der Waals surface area contributed by atoms with Crippen molar-refractivity contribution in [2.75, 3.05) is 5.32 Å². The van der Waals surface area contributed by atoms with Crippen molar-refractivity contribution in [3.8, 4) is 0 Å². The number of hydrogen-bond donors (Lipinski definition) is 2. The molecular weight excluding hydrogens is 248 g/mol. The Labute approximate surface area is 101 Å². The smallest absolute Gasteiger partial charge is 0.412 e. The summed E-state index contributed by atoms with van der Waals surface area (Å²) in [5.74, 6) is -3.28. The molecule has 0 radical (unpaired) electrons. The minimum Gasteiger partial charge on any atom is -0.479 e. The summed E-state index contributed by atoms with van der Waals surface area (Å²) in [4.78, 5) is 21.9. The molecule has 0 aliphatic carbocycles. The summed E-state index contributed by atoms with van der Waals surface area (Å²) in [6.07, 6.45) is -2.55. The Morgan fingerprint density at radius 3 is 2.39 bits per heavy atom. The average Bonchev–Trinajstić information content (AvgIpc) is 2.30. The first kappa shape index (κ1) is 13.9. The van der Waals surface area contributed by atoms with Gasteiger partial charge in [-0.15, -0.1) is 0 Å². The number of para-hydroxylation sites is 1. The lowest BCUT2D eigenvalue weighted by Gasteiger charge is -2.13. The van der Waals surface area contributed by atoms with Gasteiger partial charge in [0.25, 0.3) is 0 Å². The number of rotatable bonds is 4. The highest BCUT2D eigenvalue weighted by molar-refractivity contribution is 5.87. The number of halogens is 2. The number of carboxylic acid groups (broad SMARTS) is 1. The Morgan fingerprint density at radius 2 is 1.94 bits per heavy atom. The molecule has 1 unspecified atom stereocenters. The molecule has 1 atom stereocenters. The SMILES string of the molecule is CCC(OC(=O)Nc1c(F)cccc1F)C(=O)O. The lowest BCUT2D eigenvalue weighted by Crippen LogP contribution is -2.29. The van der Waals surface area contributed by atoms with Crippen molar-refractivity contribution in [3.63, 3.8) is 0 Å². The monoisotopic (exact) mass is 259 g/mol. The molecule has 98 valence electrons. The molecule has 0 spiro atoms. The highest BCUT2D eigenvalue weighted by Gasteiger charge is 2.21. The third-order valence-electron chi connectivity index (χ3n) is 2.09. The van der Waals surface area contributed by atoms with Gasteiger partial charge in [-0.25, -0.2) is 18.4 Å². The van der Waals surface area contributed by atoms with E-state index in [2.05, 4.69) is 4.74 Å². The van der Waals surface area contributed by atoms with Gasteiger partial charge >= 0.3 is 12.1 Å². The zero-order chi connectivity index (χ0) is 13.7. The van der Waals surface area contributed by atoms with E-state index >= 15 is 0 Å². The summed E-state index contributed by atoms with van der Waals surface area (Å²) in [6, 6.07) is 3.04. The van der Waals surface area contributed by atoms with Crippen LogP contribution in [-0.4, -0.2) is 23.3 Å². The fraction of sp³-hybridized carbons (Fsp3) is 0.273. The van der Waals surface area contributed by atoms with Gasteiger partial charge in [0.15, 0.2) is 6.10 Å². The van der Waals surface area contributed by atoms with Gasteiger partial charge in [0.2, 0.25) is 0 Å². The van der Waals surface area contributed by atoms with E-state index in [0.29, 0.717) is 0 Å². The molecule has 0 fully saturated rings. The highest BCUT2D eigenvalue weighted by atomic mass is 19.1. The predicted octanol–water partition coefficient (Wildman–Crippen LogP) is 2.38. The van der Waals surface area contributed by atoms with Gasteiger partial charge in [0, 0.05) is 0 Å². The molecule has 2 N–H and O–H groups in total. The number of nitrogens with one attached hydrogen (secondary N) is 1. The van der Waals surface area contributed by atoms with E-state index in [9.17, 15) is 18.4 Å². The van der Waals surface area contributed by atoms with Crippen molar-refractivity contribution in [1.29, 1.82) is 0 Å². The standard InChI is InChI=1S/C11H11F2NO4/c1-2-8(10(15)16)18-11(17)14-9-6(12)4-3-5-7(9)13/h3-5,8H,2H2,1H3,(H,14,17)(H,15,16). The Morgan fingerprint density at radius 1 is 1.39 bits per heavy atom. The predicted molar refractivity (Wildman–Crippen MR) is 58.2 cm³/mol. The second-order valence-electron chi connectivity index (χ2n) is 3.36. The average molecular weight is 259 g/mol. The summed E-state index contributed by atoms with van der Waals surface area (Å²) in [5.41, 5.74) is -0.678. The molecule has 0 aromatic heterocycles. The topological polar surface area (TPSA) is 75.6 Å². The minimum atomic E-state index is -1.36. The summed E-state index contributed by atoms with van der Waals surface area (Å²) in [7, 11) is 0. The number of aliphatic carboxylic acids is 1. The Hall–Kier alpha value is -2.18.